The molecule has 132 valence electrons. The van der Waals surface area contributed by atoms with Crippen LogP contribution in [0, 0.1) is 6.92 Å². The Hall–Kier alpha value is -3.12. The maximum absolute atomic E-state index is 12.1. The molecule has 26 heavy (non-hydrogen) atoms. The molecule has 1 heterocycles. The van der Waals surface area contributed by atoms with Gasteiger partial charge in [-0.2, -0.15) is 5.10 Å². The molecule has 0 aliphatic carbocycles. The lowest BCUT2D eigenvalue weighted by molar-refractivity contribution is -0.119. The van der Waals surface area contributed by atoms with Crippen molar-refractivity contribution in [2.45, 2.75) is 6.92 Å². The van der Waals surface area contributed by atoms with Crippen LogP contribution in [0.3, 0.4) is 0 Å². The van der Waals surface area contributed by atoms with Gasteiger partial charge in [0.25, 0.3) is 5.91 Å². The van der Waals surface area contributed by atoms with Crippen molar-refractivity contribution in [3.8, 4) is 11.3 Å². The molecular weight excluding hydrogens is 354 g/mol. The Kier molecular flexibility index (Phi) is 5.34. The average molecular weight is 370 g/mol. The number of ether oxygens (including phenoxy) is 1. The summed E-state index contributed by atoms with van der Waals surface area (Å²) in [5, 5.41) is 9.87. The van der Waals surface area contributed by atoms with Gasteiger partial charge < -0.3 is 10.1 Å². The fourth-order valence-corrected chi connectivity index (χ4v) is 2.48. The molecule has 3 rings (SSSR count). The Morgan fingerprint density at radius 3 is 2.69 bits per heavy atom. The molecule has 0 saturated heterocycles. The molecule has 3 aromatic rings. The Morgan fingerprint density at radius 1 is 1.15 bits per heavy atom. The van der Waals surface area contributed by atoms with Gasteiger partial charge in [0.2, 0.25) is 0 Å². The van der Waals surface area contributed by atoms with E-state index >= 15 is 0 Å². The van der Waals surface area contributed by atoms with Crippen LogP contribution in [0.15, 0.2) is 54.6 Å². The SMILES string of the molecule is Cc1ccc(Cl)cc1NC(=O)COC(=O)c1cc(-c2ccccc2)n[nH]1. The summed E-state index contributed by atoms with van der Waals surface area (Å²) in [6.45, 7) is 1.43. The average Bonchev–Trinajstić information content (AvgIpc) is 3.14. The van der Waals surface area contributed by atoms with Crippen molar-refractivity contribution in [2.75, 3.05) is 11.9 Å². The quantitative estimate of drug-likeness (QED) is 0.669. The molecule has 1 amide bonds. The van der Waals surface area contributed by atoms with E-state index in [4.69, 9.17) is 16.3 Å². The predicted molar refractivity (Wildman–Crippen MR) is 99.1 cm³/mol. The van der Waals surface area contributed by atoms with Crippen molar-refractivity contribution in [3.63, 3.8) is 0 Å². The fraction of sp³-hybridized carbons (Fsp3) is 0.105. The lowest BCUT2D eigenvalue weighted by atomic mass is 10.1. The van der Waals surface area contributed by atoms with Gasteiger partial charge in [-0.15, -0.1) is 0 Å². The van der Waals surface area contributed by atoms with Crippen molar-refractivity contribution in [1.82, 2.24) is 10.2 Å². The standard InChI is InChI=1S/C19H16ClN3O3/c1-12-7-8-14(20)9-15(12)21-18(24)11-26-19(25)17-10-16(22-23-17)13-5-3-2-4-6-13/h2-10H,11H2,1H3,(H,21,24)(H,22,23). The predicted octanol–water partition coefficient (Wildman–Crippen LogP) is 3.83. The summed E-state index contributed by atoms with van der Waals surface area (Å²) in [5.74, 6) is -1.11. The van der Waals surface area contributed by atoms with E-state index in [9.17, 15) is 9.59 Å². The van der Waals surface area contributed by atoms with E-state index in [1.54, 1.807) is 24.3 Å². The molecule has 2 N–H and O–H groups in total. The second-order valence-corrected chi connectivity index (χ2v) is 6.05. The second kappa shape index (κ2) is 7.84. The van der Waals surface area contributed by atoms with E-state index < -0.39 is 18.5 Å². The highest BCUT2D eigenvalue weighted by atomic mass is 35.5. The number of hydrogen-bond acceptors (Lipinski definition) is 4. The third kappa shape index (κ3) is 4.29. The Balaban J connectivity index is 1.58. The maximum Gasteiger partial charge on any atom is 0.356 e. The minimum atomic E-state index is -0.655. The molecule has 1 aromatic heterocycles. The highest BCUT2D eigenvalue weighted by Gasteiger charge is 2.14. The van der Waals surface area contributed by atoms with Gasteiger partial charge >= 0.3 is 5.97 Å². The smallest absolute Gasteiger partial charge is 0.356 e. The first kappa shape index (κ1) is 17.7. The van der Waals surface area contributed by atoms with Gasteiger partial charge in [-0.25, -0.2) is 4.79 Å². The number of rotatable bonds is 5. The number of nitrogens with zero attached hydrogens (tertiary/aromatic N) is 1. The van der Waals surface area contributed by atoms with Crippen LogP contribution in [0.25, 0.3) is 11.3 Å². The summed E-state index contributed by atoms with van der Waals surface area (Å²) in [7, 11) is 0. The van der Waals surface area contributed by atoms with Crippen LogP contribution in [0.2, 0.25) is 5.02 Å². The first-order chi connectivity index (χ1) is 12.5. The number of aryl methyl sites for hydroxylation is 1. The Bertz CT molecular complexity index is 938. The van der Waals surface area contributed by atoms with Crippen LogP contribution in [-0.4, -0.2) is 28.7 Å². The summed E-state index contributed by atoms with van der Waals surface area (Å²) in [4.78, 5) is 24.1. The molecule has 0 spiro atoms. The Morgan fingerprint density at radius 2 is 1.92 bits per heavy atom. The summed E-state index contributed by atoms with van der Waals surface area (Å²) in [5.41, 5.74) is 3.10. The Labute approximate surface area is 155 Å². The van der Waals surface area contributed by atoms with Crippen molar-refractivity contribution < 1.29 is 14.3 Å². The zero-order valence-corrected chi connectivity index (χ0v) is 14.7. The monoisotopic (exact) mass is 369 g/mol. The minimum Gasteiger partial charge on any atom is -0.451 e. The molecule has 0 bridgehead atoms. The number of aromatic amines is 1. The highest BCUT2D eigenvalue weighted by molar-refractivity contribution is 6.31. The van der Waals surface area contributed by atoms with E-state index in [1.807, 2.05) is 37.3 Å². The third-order valence-electron chi connectivity index (χ3n) is 3.68. The summed E-state index contributed by atoms with van der Waals surface area (Å²) >= 11 is 5.91. The second-order valence-electron chi connectivity index (χ2n) is 5.62. The van der Waals surface area contributed by atoms with Gasteiger partial charge in [-0.1, -0.05) is 48.0 Å². The third-order valence-corrected chi connectivity index (χ3v) is 3.91. The van der Waals surface area contributed by atoms with Crippen molar-refractivity contribution in [1.29, 1.82) is 0 Å². The first-order valence-corrected chi connectivity index (χ1v) is 8.24. The lowest BCUT2D eigenvalue weighted by Gasteiger charge is -2.09. The summed E-state index contributed by atoms with van der Waals surface area (Å²) in [6.07, 6.45) is 0. The molecule has 2 aromatic carbocycles. The van der Waals surface area contributed by atoms with Gasteiger partial charge in [0.05, 0.1) is 5.69 Å². The van der Waals surface area contributed by atoms with Crippen LogP contribution in [-0.2, 0) is 9.53 Å². The number of nitrogens with one attached hydrogen (secondary N) is 2. The number of anilines is 1. The maximum atomic E-state index is 12.1. The number of carbonyl (C=O) groups is 2. The van der Waals surface area contributed by atoms with E-state index in [2.05, 4.69) is 15.5 Å². The minimum absolute atomic E-state index is 0.176. The number of hydrogen-bond donors (Lipinski definition) is 2. The van der Waals surface area contributed by atoms with Crippen LogP contribution >= 0.6 is 11.6 Å². The highest BCUT2D eigenvalue weighted by Crippen LogP contribution is 2.20. The number of halogens is 1. The number of benzene rings is 2. The van der Waals surface area contributed by atoms with Crippen molar-refractivity contribution >= 4 is 29.2 Å². The number of amides is 1. The summed E-state index contributed by atoms with van der Waals surface area (Å²) in [6, 6.07) is 16.2. The van der Waals surface area contributed by atoms with Gasteiger partial charge in [-0.3, -0.25) is 9.89 Å². The zero-order chi connectivity index (χ0) is 18.5. The molecule has 0 saturated carbocycles. The molecule has 0 unspecified atom stereocenters. The van der Waals surface area contributed by atoms with Crippen LogP contribution in [0.5, 0.6) is 0 Å². The molecule has 6 nitrogen and oxygen atoms in total. The van der Waals surface area contributed by atoms with Gasteiger partial charge in [0, 0.05) is 16.3 Å². The number of carbonyl (C=O) groups excluding carboxylic acids is 2. The van der Waals surface area contributed by atoms with E-state index in [-0.39, 0.29) is 5.69 Å². The molecule has 7 heteroatoms. The molecule has 0 aliphatic heterocycles. The van der Waals surface area contributed by atoms with Crippen LogP contribution < -0.4 is 5.32 Å². The zero-order valence-electron chi connectivity index (χ0n) is 14.0. The number of esters is 1. The molecule has 0 fully saturated rings. The van der Waals surface area contributed by atoms with Gasteiger partial charge in [-0.05, 0) is 30.7 Å². The van der Waals surface area contributed by atoms with Crippen LogP contribution in [0.4, 0.5) is 5.69 Å². The fourth-order valence-electron chi connectivity index (χ4n) is 2.31. The van der Waals surface area contributed by atoms with Crippen LogP contribution in [0.1, 0.15) is 16.1 Å². The number of H-pyrrole nitrogens is 1. The normalized spacial score (nSPS) is 10.4. The lowest BCUT2D eigenvalue weighted by Crippen LogP contribution is -2.21. The molecule has 0 aliphatic rings. The topological polar surface area (TPSA) is 84.1 Å². The van der Waals surface area contributed by atoms with Gasteiger partial charge in [0.15, 0.2) is 6.61 Å². The molecule has 0 radical (unpaired) electrons. The van der Waals surface area contributed by atoms with Gasteiger partial charge in [0.1, 0.15) is 5.69 Å². The van der Waals surface area contributed by atoms with Crippen molar-refractivity contribution in [3.05, 3.63) is 70.9 Å². The van der Waals surface area contributed by atoms with E-state index in [0.29, 0.717) is 16.4 Å². The molecule has 0 atom stereocenters. The summed E-state index contributed by atoms with van der Waals surface area (Å²) < 4.78 is 5.03. The van der Waals surface area contributed by atoms with Crippen molar-refractivity contribution in [2.24, 2.45) is 0 Å². The van der Waals surface area contributed by atoms with E-state index in [0.717, 1.165) is 11.1 Å². The largest absolute Gasteiger partial charge is 0.451 e. The first-order valence-electron chi connectivity index (χ1n) is 7.87. The number of aromatic nitrogens is 2. The van der Waals surface area contributed by atoms with E-state index in [1.165, 1.54) is 0 Å². The molecular formula is C19H16ClN3O3.